The van der Waals surface area contributed by atoms with Gasteiger partial charge in [0, 0.05) is 6.42 Å². The third-order valence-corrected chi connectivity index (χ3v) is 3.04. The number of nitrogens with zero attached hydrogens (tertiary/aromatic N) is 3. The van der Waals surface area contributed by atoms with Crippen LogP contribution in [0.4, 0.5) is 0 Å². The van der Waals surface area contributed by atoms with Crippen molar-refractivity contribution in [1.82, 2.24) is 14.9 Å². The standard InChI is InChI=1S/C16H14N4O/c21-16-19-18-15(11-13-7-3-1-4-8-13)20(16)17-12-14-9-5-2-6-10-14/h1-10,12H,11H2,(H,19,21). The SMILES string of the molecule is O=c1[nH]nc(Cc2ccccc2)n1N=Cc1ccccc1. The van der Waals surface area contributed by atoms with Gasteiger partial charge in [0.05, 0.1) is 6.21 Å². The molecule has 0 aliphatic heterocycles. The van der Waals surface area contributed by atoms with Crippen molar-refractivity contribution >= 4 is 6.21 Å². The van der Waals surface area contributed by atoms with Crippen molar-refractivity contribution < 1.29 is 0 Å². The van der Waals surface area contributed by atoms with Crippen LogP contribution >= 0.6 is 0 Å². The molecule has 5 nitrogen and oxygen atoms in total. The van der Waals surface area contributed by atoms with Gasteiger partial charge in [-0.1, -0.05) is 60.7 Å². The minimum absolute atomic E-state index is 0.340. The summed E-state index contributed by atoms with van der Waals surface area (Å²) in [5.74, 6) is 0.582. The monoisotopic (exact) mass is 278 g/mol. The van der Waals surface area contributed by atoms with Crippen LogP contribution in [0.15, 0.2) is 70.6 Å². The minimum atomic E-state index is -0.340. The van der Waals surface area contributed by atoms with E-state index in [9.17, 15) is 4.79 Å². The number of hydrogen-bond donors (Lipinski definition) is 1. The van der Waals surface area contributed by atoms with Crippen molar-refractivity contribution in [2.75, 3.05) is 0 Å². The van der Waals surface area contributed by atoms with E-state index in [-0.39, 0.29) is 5.69 Å². The van der Waals surface area contributed by atoms with Crippen molar-refractivity contribution in [3.8, 4) is 0 Å². The Hall–Kier alpha value is -2.95. The average molecular weight is 278 g/mol. The molecule has 0 amide bonds. The van der Waals surface area contributed by atoms with Crippen LogP contribution in [-0.4, -0.2) is 21.1 Å². The molecule has 21 heavy (non-hydrogen) atoms. The summed E-state index contributed by atoms with van der Waals surface area (Å²) < 4.78 is 1.29. The van der Waals surface area contributed by atoms with Crippen molar-refractivity contribution in [2.45, 2.75) is 6.42 Å². The van der Waals surface area contributed by atoms with Gasteiger partial charge in [-0.05, 0) is 11.1 Å². The summed E-state index contributed by atoms with van der Waals surface area (Å²) in [7, 11) is 0. The molecule has 0 bridgehead atoms. The van der Waals surface area contributed by atoms with Crippen molar-refractivity contribution in [1.29, 1.82) is 0 Å². The Bertz CT molecular complexity index is 788. The summed E-state index contributed by atoms with van der Waals surface area (Å²) in [4.78, 5) is 11.8. The first kappa shape index (κ1) is 13.1. The van der Waals surface area contributed by atoms with E-state index in [1.54, 1.807) is 6.21 Å². The first-order valence-corrected chi connectivity index (χ1v) is 6.62. The molecule has 1 aromatic heterocycles. The van der Waals surface area contributed by atoms with Crippen molar-refractivity contribution in [3.63, 3.8) is 0 Å². The third kappa shape index (κ3) is 3.14. The Morgan fingerprint density at radius 1 is 1.05 bits per heavy atom. The summed E-state index contributed by atoms with van der Waals surface area (Å²) in [6.07, 6.45) is 2.19. The van der Waals surface area contributed by atoms with E-state index < -0.39 is 0 Å². The van der Waals surface area contributed by atoms with Crippen LogP contribution in [0.3, 0.4) is 0 Å². The summed E-state index contributed by atoms with van der Waals surface area (Å²) in [5, 5.41) is 10.7. The van der Waals surface area contributed by atoms with E-state index in [1.807, 2.05) is 60.7 Å². The molecule has 0 spiro atoms. The molecule has 104 valence electrons. The van der Waals surface area contributed by atoms with Crippen LogP contribution in [0.2, 0.25) is 0 Å². The Balaban J connectivity index is 1.87. The third-order valence-electron chi connectivity index (χ3n) is 3.04. The number of nitrogens with one attached hydrogen (secondary N) is 1. The normalized spacial score (nSPS) is 11.0. The predicted molar refractivity (Wildman–Crippen MR) is 81.5 cm³/mol. The molecule has 0 fully saturated rings. The molecule has 5 heteroatoms. The molecular formula is C16H14N4O. The fourth-order valence-corrected chi connectivity index (χ4v) is 2.00. The van der Waals surface area contributed by atoms with Gasteiger partial charge in [-0.2, -0.15) is 14.9 Å². The molecule has 1 heterocycles. The van der Waals surface area contributed by atoms with E-state index in [0.717, 1.165) is 11.1 Å². The second-order valence-electron chi connectivity index (χ2n) is 4.57. The van der Waals surface area contributed by atoms with Crippen LogP contribution in [-0.2, 0) is 6.42 Å². The van der Waals surface area contributed by atoms with Crippen LogP contribution in [0.5, 0.6) is 0 Å². The molecule has 3 rings (SSSR count). The highest BCUT2D eigenvalue weighted by Crippen LogP contribution is 2.05. The Morgan fingerprint density at radius 2 is 1.71 bits per heavy atom. The number of benzene rings is 2. The van der Waals surface area contributed by atoms with E-state index in [2.05, 4.69) is 15.3 Å². The second-order valence-corrected chi connectivity index (χ2v) is 4.57. The van der Waals surface area contributed by atoms with Gasteiger partial charge in [-0.25, -0.2) is 9.89 Å². The fraction of sp³-hybridized carbons (Fsp3) is 0.0625. The maximum absolute atomic E-state index is 11.8. The topological polar surface area (TPSA) is 63.0 Å². The Labute approximate surface area is 121 Å². The van der Waals surface area contributed by atoms with Gasteiger partial charge in [0.2, 0.25) is 0 Å². The summed E-state index contributed by atoms with van der Waals surface area (Å²) in [5.41, 5.74) is 1.66. The lowest BCUT2D eigenvalue weighted by Gasteiger charge is -2.00. The van der Waals surface area contributed by atoms with Crippen LogP contribution in [0.1, 0.15) is 17.0 Å². The van der Waals surface area contributed by atoms with Crippen LogP contribution < -0.4 is 5.69 Å². The molecule has 0 aliphatic carbocycles. The van der Waals surface area contributed by atoms with Gasteiger partial charge in [0.25, 0.3) is 0 Å². The number of aromatic nitrogens is 3. The number of hydrogen-bond acceptors (Lipinski definition) is 3. The summed E-state index contributed by atoms with van der Waals surface area (Å²) in [6, 6.07) is 19.5. The molecule has 0 radical (unpaired) electrons. The highest BCUT2D eigenvalue weighted by Gasteiger charge is 2.07. The zero-order valence-electron chi connectivity index (χ0n) is 11.3. The number of rotatable bonds is 4. The quantitative estimate of drug-likeness (QED) is 0.742. The lowest BCUT2D eigenvalue weighted by molar-refractivity contribution is 0.775. The van der Waals surface area contributed by atoms with Gasteiger partial charge < -0.3 is 0 Å². The highest BCUT2D eigenvalue weighted by molar-refractivity contribution is 5.79. The average Bonchev–Trinajstić information content (AvgIpc) is 2.87. The lowest BCUT2D eigenvalue weighted by atomic mass is 10.1. The summed E-state index contributed by atoms with van der Waals surface area (Å²) in [6.45, 7) is 0. The largest absolute Gasteiger partial charge is 0.364 e. The molecule has 3 aromatic rings. The maximum atomic E-state index is 11.8. The molecule has 1 N–H and O–H groups in total. The summed E-state index contributed by atoms with van der Waals surface area (Å²) >= 11 is 0. The first-order valence-electron chi connectivity index (χ1n) is 6.62. The first-order chi connectivity index (χ1) is 10.3. The second kappa shape index (κ2) is 6.00. The zero-order chi connectivity index (χ0) is 14.5. The number of aromatic amines is 1. The van der Waals surface area contributed by atoms with E-state index in [1.165, 1.54) is 4.68 Å². The molecule has 0 aliphatic rings. The predicted octanol–water partition coefficient (Wildman–Crippen LogP) is 2.04. The molecule has 2 aromatic carbocycles. The van der Waals surface area contributed by atoms with E-state index in [4.69, 9.17) is 0 Å². The zero-order valence-corrected chi connectivity index (χ0v) is 11.3. The highest BCUT2D eigenvalue weighted by atomic mass is 16.2. The molecule has 0 unspecified atom stereocenters. The van der Waals surface area contributed by atoms with Crippen molar-refractivity contribution in [2.24, 2.45) is 5.10 Å². The van der Waals surface area contributed by atoms with Gasteiger partial charge in [-0.3, -0.25) is 0 Å². The lowest BCUT2D eigenvalue weighted by Crippen LogP contribution is -2.15. The smallest absolute Gasteiger partial charge is 0.244 e. The molecule has 0 saturated carbocycles. The van der Waals surface area contributed by atoms with E-state index in [0.29, 0.717) is 12.2 Å². The van der Waals surface area contributed by atoms with E-state index >= 15 is 0 Å². The minimum Gasteiger partial charge on any atom is -0.244 e. The van der Waals surface area contributed by atoms with Gasteiger partial charge in [0.1, 0.15) is 0 Å². The maximum Gasteiger partial charge on any atom is 0.364 e. The fourth-order valence-electron chi connectivity index (χ4n) is 2.00. The van der Waals surface area contributed by atoms with Crippen molar-refractivity contribution in [3.05, 3.63) is 88.1 Å². The van der Waals surface area contributed by atoms with Crippen LogP contribution in [0, 0.1) is 0 Å². The Morgan fingerprint density at radius 3 is 2.43 bits per heavy atom. The van der Waals surface area contributed by atoms with Gasteiger partial charge >= 0.3 is 5.69 Å². The Kier molecular flexibility index (Phi) is 3.73. The van der Waals surface area contributed by atoms with Crippen LogP contribution in [0.25, 0.3) is 0 Å². The molecule has 0 saturated heterocycles. The van der Waals surface area contributed by atoms with Gasteiger partial charge in [0.15, 0.2) is 5.82 Å². The van der Waals surface area contributed by atoms with Gasteiger partial charge in [-0.15, -0.1) is 0 Å². The molecule has 0 atom stereocenters. The molecular weight excluding hydrogens is 264 g/mol. The number of H-pyrrole nitrogens is 1.